The smallest absolute Gasteiger partial charge is 0.160 e. The number of nitrogens with zero attached hydrogens (tertiary/aromatic N) is 4. The maximum absolute atomic E-state index is 5.18. The van der Waals surface area contributed by atoms with Gasteiger partial charge in [-0.1, -0.05) is 188 Å². The van der Waals surface area contributed by atoms with Crippen molar-refractivity contribution in [2.24, 2.45) is 0 Å². The predicted molar refractivity (Wildman–Crippen MR) is 275 cm³/mol. The quantitative estimate of drug-likeness (QED) is 0.160. The fourth-order valence-electron chi connectivity index (χ4n) is 10.00. The van der Waals surface area contributed by atoms with E-state index >= 15 is 0 Å². The van der Waals surface area contributed by atoms with Gasteiger partial charge in [-0.2, -0.15) is 0 Å². The molecule has 0 bridgehead atoms. The third kappa shape index (κ3) is 6.30. The maximum atomic E-state index is 5.18. The first kappa shape index (κ1) is 37.7. The molecular formula is C62H40N4. The molecule has 10 aromatic carbocycles. The van der Waals surface area contributed by atoms with Crippen LogP contribution in [0.5, 0.6) is 0 Å². The Morgan fingerprint density at radius 1 is 0.258 bits per heavy atom. The largest absolute Gasteiger partial charge is 0.309 e. The second-order valence-corrected chi connectivity index (χ2v) is 17.0. The molecule has 13 rings (SSSR count). The van der Waals surface area contributed by atoms with Crippen LogP contribution in [0.15, 0.2) is 243 Å². The Labute approximate surface area is 382 Å². The molecule has 0 amide bonds. The van der Waals surface area contributed by atoms with Crippen molar-refractivity contribution >= 4 is 54.4 Å². The fraction of sp³-hybridized carbons (Fsp3) is 0. The van der Waals surface area contributed by atoms with Crippen molar-refractivity contribution in [1.29, 1.82) is 0 Å². The second-order valence-electron chi connectivity index (χ2n) is 17.0. The second kappa shape index (κ2) is 15.4. The first-order chi connectivity index (χ1) is 32.7. The molecule has 0 spiro atoms. The number of benzene rings is 10. The Hall–Kier alpha value is -8.86. The van der Waals surface area contributed by atoms with Crippen LogP contribution in [0.3, 0.4) is 0 Å². The summed E-state index contributed by atoms with van der Waals surface area (Å²) in [5.41, 5.74) is 16.4. The Morgan fingerprint density at radius 2 is 0.727 bits per heavy atom. The number of hydrogen-bond donors (Lipinski definition) is 0. The van der Waals surface area contributed by atoms with Crippen LogP contribution in [0.4, 0.5) is 0 Å². The third-order valence-electron chi connectivity index (χ3n) is 13.1. The van der Waals surface area contributed by atoms with Crippen LogP contribution in [0, 0.1) is 0 Å². The Kier molecular flexibility index (Phi) is 8.81. The van der Waals surface area contributed by atoms with E-state index in [1.807, 2.05) is 12.1 Å². The molecule has 0 aliphatic heterocycles. The first-order valence-electron chi connectivity index (χ1n) is 22.5. The van der Waals surface area contributed by atoms with Crippen molar-refractivity contribution in [3.63, 3.8) is 0 Å². The highest BCUT2D eigenvalue weighted by atomic mass is 15.0. The van der Waals surface area contributed by atoms with Crippen LogP contribution in [0.25, 0.3) is 122 Å². The van der Waals surface area contributed by atoms with Crippen LogP contribution in [-0.4, -0.2) is 19.1 Å². The Morgan fingerprint density at radius 3 is 1.35 bits per heavy atom. The number of fused-ring (bicyclic) bond motifs is 7. The highest BCUT2D eigenvalue weighted by molar-refractivity contribution is 6.12. The summed E-state index contributed by atoms with van der Waals surface area (Å²) in [7, 11) is 0. The lowest BCUT2D eigenvalue weighted by Gasteiger charge is -2.13. The minimum absolute atomic E-state index is 0.686. The normalized spacial score (nSPS) is 11.6. The molecule has 0 aliphatic carbocycles. The van der Waals surface area contributed by atoms with Gasteiger partial charge in [0.2, 0.25) is 0 Å². The van der Waals surface area contributed by atoms with Crippen molar-refractivity contribution in [1.82, 2.24) is 19.1 Å². The lowest BCUT2D eigenvalue weighted by Crippen LogP contribution is -1.98. The zero-order valence-corrected chi connectivity index (χ0v) is 35.9. The van der Waals surface area contributed by atoms with Crippen molar-refractivity contribution in [2.75, 3.05) is 0 Å². The number of para-hydroxylation sites is 2. The van der Waals surface area contributed by atoms with Crippen molar-refractivity contribution in [3.8, 4) is 67.5 Å². The van der Waals surface area contributed by atoms with Gasteiger partial charge in [0.1, 0.15) is 0 Å². The monoisotopic (exact) mass is 840 g/mol. The molecule has 0 fully saturated rings. The molecule has 4 nitrogen and oxygen atoms in total. The molecule has 4 heteroatoms. The summed E-state index contributed by atoms with van der Waals surface area (Å²) in [4.78, 5) is 10.4. The van der Waals surface area contributed by atoms with Crippen LogP contribution in [-0.2, 0) is 0 Å². The summed E-state index contributed by atoms with van der Waals surface area (Å²) in [6.45, 7) is 0. The first-order valence-corrected chi connectivity index (χ1v) is 22.5. The summed E-state index contributed by atoms with van der Waals surface area (Å²) >= 11 is 0. The lowest BCUT2D eigenvalue weighted by atomic mass is 9.98. The van der Waals surface area contributed by atoms with E-state index in [1.54, 1.807) is 0 Å². The Bertz CT molecular complexity index is 3910. The van der Waals surface area contributed by atoms with Crippen LogP contribution in [0.2, 0.25) is 0 Å². The van der Waals surface area contributed by atoms with Crippen LogP contribution < -0.4 is 0 Å². The summed E-state index contributed by atoms with van der Waals surface area (Å²) in [6.07, 6.45) is 0. The molecule has 0 unspecified atom stereocenters. The third-order valence-corrected chi connectivity index (χ3v) is 13.1. The highest BCUT2D eigenvalue weighted by Gasteiger charge is 2.18. The minimum Gasteiger partial charge on any atom is -0.309 e. The van der Waals surface area contributed by atoms with E-state index in [0.29, 0.717) is 5.82 Å². The topological polar surface area (TPSA) is 35.6 Å². The fourth-order valence-corrected chi connectivity index (χ4v) is 10.00. The van der Waals surface area contributed by atoms with Gasteiger partial charge in [0.25, 0.3) is 0 Å². The van der Waals surface area contributed by atoms with Crippen molar-refractivity contribution in [3.05, 3.63) is 243 Å². The molecule has 0 saturated carbocycles. The number of rotatable bonds is 7. The van der Waals surface area contributed by atoms with Gasteiger partial charge in [-0.3, -0.25) is 0 Å². The SMILES string of the molecule is c1ccc(-c2cc(-c3ccccc3)nc(-c3cccc(-n4c5ccccc5c5ccc(-c6ccc7c8ccccc8n(-c8ccc(-c9cccc%10ccccc9%10)cc8)c7c6)cc54)c3)n2)cc1. The number of aromatic nitrogens is 4. The molecule has 13 aromatic rings. The number of hydrogen-bond acceptors (Lipinski definition) is 2. The van der Waals surface area contributed by atoms with Crippen LogP contribution in [0.1, 0.15) is 0 Å². The molecule has 3 heterocycles. The molecule has 66 heavy (non-hydrogen) atoms. The van der Waals surface area contributed by atoms with Gasteiger partial charge in [0.05, 0.1) is 33.5 Å². The van der Waals surface area contributed by atoms with Gasteiger partial charge in [-0.05, 0) is 87.6 Å². The molecule has 0 aliphatic rings. The summed E-state index contributed by atoms with van der Waals surface area (Å²) in [6, 6.07) is 87.0. The zero-order chi connectivity index (χ0) is 43.6. The molecule has 3 aromatic heterocycles. The van der Waals surface area contributed by atoms with Gasteiger partial charge in [0, 0.05) is 49.6 Å². The van der Waals surface area contributed by atoms with E-state index in [4.69, 9.17) is 9.97 Å². The predicted octanol–water partition coefficient (Wildman–Crippen LogP) is 16.2. The van der Waals surface area contributed by atoms with E-state index in [1.165, 1.54) is 54.5 Å². The van der Waals surface area contributed by atoms with Crippen molar-refractivity contribution in [2.45, 2.75) is 0 Å². The van der Waals surface area contributed by atoms with E-state index < -0.39 is 0 Å². The summed E-state index contributed by atoms with van der Waals surface area (Å²) in [5.74, 6) is 0.686. The average molecular weight is 841 g/mol. The zero-order valence-electron chi connectivity index (χ0n) is 35.9. The molecule has 0 N–H and O–H groups in total. The van der Waals surface area contributed by atoms with E-state index in [0.717, 1.165) is 61.6 Å². The van der Waals surface area contributed by atoms with E-state index in [9.17, 15) is 0 Å². The van der Waals surface area contributed by atoms with Crippen LogP contribution >= 0.6 is 0 Å². The molecule has 0 saturated heterocycles. The van der Waals surface area contributed by atoms with Crippen molar-refractivity contribution < 1.29 is 0 Å². The maximum Gasteiger partial charge on any atom is 0.160 e. The van der Waals surface area contributed by atoms with Gasteiger partial charge < -0.3 is 9.13 Å². The lowest BCUT2D eigenvalue weighted by molar-refractivity contribution is 1.16. The van der Waals surface area contributed by atoms with E-state index in [2.05, 4.69) is 240 Å². The summed E-state index contributed by atoms with van der Waals surface area (Å²) < 4.78 is 4.81. The highest BCUT2D eigenvalue weighted by Crippen LogP contribution is 2.39. The molecule has 0 atom stereocenters. The summed E-state index contributed by atoms with van der Waals surface area (Å²) in [5, 5.41) is 7.39. The molecular weight excluding hydrogens is 801 g/mol. The average Bonchev–Trinajstić information content (AvgIpc) is 3.91. The minimum atomic E-state index is 0.686. The van der Waals surface area contributed by atoms with E-state index in [-0.39, 0.29) is 0 Å². The Balaban J connectivity index is 0.941. The standard InChI is InChI=1S/C62H40N4/c1-3-16-43(17-4-1)56-40-57(44-18-5-2-6-19-44)64-62(63-56)47-21-13-22-49(37-47)66-59-28-12-10-25-53(59)55-36-32-46(39-61(55)66)45-31-35-54-52-24-9-11-27-58(52)65(60(54)38-45)48-33-29-42(30-34-48)51-26-14-20-41-15-7-8-23-50(41)51/h1-40H. The molecule has 308 valence electrons. The van der Waals surface area contributed by atoms with Gasteiger partial charge >= 0.3 is 0 Å². The van der Waals surface area contributed by atoms with Gasteiger partial charge in [0.15, 0.2) is 5.82 Å². The van der Waals surface area contributed by atoms with Gasteiger partial charge in [-0.15, -0.1) is 0 Å². The van der Waals surface area contributed by atoms with Gasteiger partial charge in [-0.25, -0.2) is 9.97 Å². The molecule has 0 radical (unpaired) electrons.